The Labute approximate surface area is 205 Å². The summed E-state index contributed by atoms with van der Waals surface area (Å²) < 4.78 is 5.36. The Kier molecular flexibility index (Phi) is 8.51. The zero-order chi connectivity index (χ0) is 24.5. The molecular weight excluding hydrogens is 476 g/mol. The summed E-state index contributed by atoms with van der Waals surface area (Å²) in [6.45, 7) is 0. The molecule has 0 heterocycles. The van der Waals surface area contributed by atoms with E-state index in [4.69, 9.17) is 21.6 Å². The SMILES string of the molecule is COc1cc(NC(=O)CSc2ccc(Cl)cc2)ccc1C=NNC(=O)c1ccc(O)c(C#N)c1. The fourth-order valence-electron chi connectivity index (χ4n) is 2.76. The number of anilines is 1. The zero-order valence-electron chi connectivity index (χ0n) is 17.9. The fourth-order valence-corrected chi connectivity index (χ4v) is 3.59. The highest BCUT2D eigenvalue weighted by atomic mass is 35.5. The number of thioether (sulfide) groups is 1. The number of rotatable bonds is 8. The first-order chi connectivity index (χ1) is 16.4. The number of phenols is 1. The van der Waals surface area contributed by atoms with Crippen molar-refractivity contribution < 1.29 is 19.4 Å². The smallest absolute Gasteiger partial charge is 0.271 e. The number of methoxy groups -OCH3 is 1. The molecule has 34 heavy (non-hydrogen) atoms. The number of phenolic OH excluding ortho intramolecular Hbond substituents is 1. The van der Waals surface area contributed by atoms with E-state index >= 15 is 0 Å². The van der Waals surface area contributed by atoms with E-state index in [1.54, 1.807) is 36.4 Å². The summed E-state index contributed by atoms with van der Waals surface area (Å²) in [6, 6.07) is 18.0. The van der Waals surface area contributed by atoms with Crippen LogP contribution in [0.4, 0.5) is 5.69 Å². The van der Waals surface area contributed by atoms with Crippen molar-refractivity contribution in [1.82, 2.24) is 5.43 Å². The van der Waals surface area contributed by atoms with Gasteiger partial charge in [0.15, 0.2) is 0 Å². The number of hydrogen-bond acceptors (Lipinski definition) is 7. The molecule has 0 unspecified atom stereocenters. The summed E-state index contributed by atoms with van der Waals surface area (Å²) in [5, 5.41) is 25.9. The van der Waals surface area contributed by atoms with Crippen molar-refractivity contribution in [3.8, 4) is 17.6 Å². The predicted molar refractivity (Wildman–Crippen MR) is 132 cm³/mol. The van der Waals surface area contributed by atoms with Crippen LogP contribution in [0.25, 0.3) is 0 Å². The average Bonchev–Trinajstić information content (AvgIpc) is 2.84. The van der Waals surface area contributed by atoms with Gasteiger partial charge < -0.3 is 15.2 Å². The molecule has 0 aliphatic heterocycles. The minimum atomic E-state index is -0.547. The van der Waals surface area contributed by atoms with Crippen molar-refractivity contribution in [2.45, 2.75) is 4.90 Å². The van der Waals surface area contributed by atoms with E-state index in [9.17, 15) is 14.7 Å². The van der Waals surface area contributed by atoms with Crippen LogP contribution < -0.4 is 15.5 Å². The molecule has 0 bridgehead atoms. The quantitative estimate of drug-likeness (QED) is 0.242. The van der Waals surface area contributed by atoms with Crippen molar-refractivity contribution in [2.75, 3.05) is 18.2 Å². The molecule has 0 saturated carbocycles. The lowest BCUT2D eigenvalue weighted by molar-refractivity contribution is -0.113. The first kappa shape index (κ1) is 24.6. The Balaban J connectivity index is 1.59. The number of nitriles is 1. The van der Waals surface area contributed by atoms with Gasteiger partial charge in [0.2, 0.25) is 5.91 Å². The lowest BCUT2D eigenvalue weighted by Gasteiger charge is -2.09. The molecule has 3 aromatic carbocycles. The molecule has 3 aromatic rings. The van der Waals surface area contributed by atoms with Gasteiger partial charge in [-0.3, -0.25) is 9.59 Å². The first-order valence-electron chi connectivity index (χ1n) is 9.82. The number of carbonyl (C=O) groups excluding carboxylic acids is 2. The highest BCUT2D eigenvalue weighted by Gasteiger charge is 2.10. The molecular formula is C24H19ClN4O4S. The van der Waals surface area contributed by atoms with Gasteiger partial charge in [0.05, 0.1) is 24.6 Å². The monoisotopic (exact) mass is 494 g/mol. The number of benzene rings is 3. The van der Waals surface area contributed by atoms with Crippen molar-refractivity contribution in [3.63, 3.8) is 0 Å². The second-order valence-electron chi connectivity index (χ2n) is 6.79. The van der Waals surface area contributed by atoms with Crippen LogP contribution in [0.5, 0.6) is 11.5 Å². The molecule has 0 saturated heterocycles. The Hall–Kier alpha value is -4.00. The van der Waals surface area contributed by atoms with Gasteiger partial charge in [0, 0.05) is 32.8 Å². The fraction of sp³-hybridized carbons (Fsp3) is 0.0833. The molecule has 172 valence electrons. The van der Waals surface area contributed by atoms with Gasteiger partial charge in [-0.25, -0.2) is 5.43 Å². The molecule has 3 N–H and O–H groups in total. The van der Waals surface area contributed by atoms with E-state index in [1.165, 1.54) is 43.3 Å². The van der Waals surface area contributed by atoms with Crippen LogP contribution in [0.3, 0.4) is 0 Å². The van der Waals surface area contributed by atoms with Crippen LogP contribution >= 0.6 is 23.4 Å². The van der Waals surface area contributed by atoms with Crippen LogP contribution in [0, 0.1) is 11.3 Å². The molecule has 3 rings (SSSR count). The molecule has 10 heteroatoms. The highest BCUT2D eigenvalue weighted by molar-refractivity contribution is 8.00. The minimum Gasteiger partial charge on any atom is -0.507 e. The topological polar surface area (TPSA) is 124 Å². The first-order valence-corrected chi connectivity index (χ1v) is 11.2. The Morgan fingerprint density at radius 2 is 1.94 bits per heavy atom. The molecule has 0 atom stereocenters. The number of hydrazone groups is 1. The third-order valence-corrected chi connectivity index (χ3v) is 5.71. The maximum atomic E-state index is 12.3. The minimum absolute atomic E-state index is 0.0116. The van der Waals surface area contributed by atoms with E-state index in [0.717, 1.165) is 4.90 Å². The third kappa shape index (κ3) is 6.75. The van der Waals surface area contributed by atoms with Crippen molar-refractivity contribution in [1.29, 1.82) is 5.26 Å². The molecule has 0 aliphatic carbocycles. The maximum Gasteiger partial charge on any atom is 0.271 e. The molecule has 0 spiro atoms. The van der Waals surface area contributed by atoms with E-state index in [2.05, 4.69) is 15.8 Å². The van der Waals surface area contributed by atoms with Crippen LogP contribution in [0.1, 0.15) is 21.5 Å². The number of nitrogens with zero attached hydrogens (tertiary/aromatic N) is 2. The van der Waals surface area contributed by atoms with Gasteiger partial charge in [-0.05, 0) is 54.6 Å². The van der Waals surface area contributed by atoms with E-state index in [1.807, 2.05) is 12.1 Å². The summed E-state index contributed by atoms with van der Waals surface area (Å²) in [5.74, 6) is -0.264. The van der Waals surface area contributed by atoms with E-state index < -0.39 is 5.91 Å². The Morgan fingerprint density at radius 1 is 1.18 bits per heavy atom. The van der Waals surface area contributed by atoms with Crippen LogP contribution in [-0.2, 0) is 4.79 Å². The molecule has 0 aromatic heterocycles. The van der Waals surface area contributed by atoms with Crippen LogP contribution in [-0.4, -0.2) is 36.0 Å². The number of nitrogens with one attached hydrogen (secondary N) is 2. The van der Waals surface area contributed by atoms with E-state index in [0.29, 0.717) is 22.0 Å². The predicted octanol–water partition coefficient (Wildman–Crippen LogP) is 4.42. The van der Waals surface area contributed by atoms with E-state index in [-0.39, 0.29) is 28.5 Å². The second-order valence-corrected chi connectivity index (χ2v) is 8.28. The van der Waals surface area contributed by atoms with Crippen LogP contribution in [0.15, 0.2) is 70.7 Å². The summed E-state index contributed by atoms with van der Waals surface area (Å²) in [5.41, 5.74) is 3.64. The number of aromatic hydroxyl groups is 1. The summed E-state index contributed by atoms with van der Waals surface area (Å²) in [7, 11) is 1.48. The molecule has 8 nitrogen and oxygen atoms in total. The third-order valence-electron chi connectivity index (χ3n) is 4.45. The van der Waals surface area contributed by atoms with Gasteiger partial charge in [0.25, 0.3) is 5.91 Å². The summed E-state index contributed by atoms with van der Waals surface area (Å²) in [6.07, 6.45) is 1.39. The average molecular weight is 495 g/mol. The molecule has 0 radical (unpaired) electrons. The zero-order valence-corrected chi connectivity index (χ0v) is 19.5. The standard InChI is InChI=1S/C24H19ClN4O4S/c1-33-22-11-19(28-23(31)14-34-20-7-4-18(25)5-8-20)6-2-16(22)13-27-29-24(32)15-3-9-21(30)17(10-15)12-26/h2-11,13,30H,14H2,1H3,(H,28,31)(H,29,32). The lowest BCUT2D eigenvalue weighted by Crippen LogP contribution is -2.17. The van der Waals surface area contributed by atoms with Crippen LogP contribution in [0.2, 0.25) is 5.02 Å². The van der Waals surface area contributed by atoms with Crippen molar-refractivity contribution in [3.05, 3.63) is 82.4 Å². The van der Waals surface area contributed by atoms with Gasteiger partial charge >= 0.3 is 0 Å². The van der Waals surface area contributed by atoms with Crippen molar-refractivity contribution >= 4 is 47.1 Å². The second kappa shape index (κ2) is 11.7. The summed E-state index contributed by atoms with van der Waals surface area (Å²) in [4.78, 5) is 25.4. The molecule has 2 amide bonds. The van der Waals surface area contributed by atoms with Gasteiger partial charge in [-0.2, -0.15) is 10.4 Å². The van der Waals surface area contributed by atoms with Gasteiger partial charge in [0.1, 0.15) is 17.6 Å². The number of halogens is 1. The Bertz CT molecular complexity index is 1270. The lowest BCUT2D eigenvalue weighted by atomic mass is 10.1. The molecule has 0 aliphatic rings. The largest absolute Gasteiger partial charge is 0.507 e. The van der Waals surface area contributed by atoms with Crippen molar-refractivity contribution in [2.24, 2.45) is 5.10 Å². The van der Waals surface area contributed by atoms with Gasteiger partial charge in [-0.15, -0.1) is 11.8 Å². The number of carbonyl (C=O) groups is 2. The highest BCUT2D eigenvalue weighted by Crippen LogP contribution is 2.24. The number of hydrogen-bond donors (Lipinski definition) is 3. The number of ether oxygens (including phenoxy) is 1. The summed E-state index contributed by atoms with van der Waals surface area (Å²) >= 11 is 7.25. The maximum absolute atomic E-state index is 12.3. The number of amides is 2. The molecule has 0 fully saturated rings. The van der Waals surface area contributed by atoms with Gasteiger partial charge in [-0.1, -0.05) is 11.6 Å². The Morgan fingerprint density at radius 3 is 2.65 bits per heavy atom. The normalized spacial score (nSPS) is 10.5.